The molecule has 2 N–H and O–H groups in total. The topological polar surface area (TPSA) is 38.9 Å². The molecule has 1 heterocycles. The molecule has 0 atom stereocenters. The molecular formula is C14H18N2S. The molecule has 90 valence electrons. The van der Waals surface area contributed by atoms with Gasteiger partial charge in [-0.2, -0.15) is 0 Å². The van der Waals surface area contributed by atoms with Crippen molar-refractivity contribution in [1.82, 2.24) is 4.98 Å². The molecule has 0 radical (unpaired) electrons. The molecule has 0 unspecified atom stereocenters. The molecule has 0 aliphatic rings. The van der Waals surface area contributed by atoms with Crippen LogP contribution in [0.15, 0.2) is 12.1 Å². The fourth-order valence-electron chi connectivity index (χ4n) is 1.94. The Labute approximate surface area is 107 Å². The summed E-state index contributed by atoms with van der Waals surface area (Å²) < 4.78 is 0. The third-order valence-corrected chi connectivity index (χ3v) is 4.12. The molecule has 0 bridgehead atoms. The van der Waals surface area contributed by atoms with Crippen LogP contribution >= 0.6 is 11.3 Å². The number of benzene rings is 1. The average Bonchev–Trinajstić information content (AvgIpc) is 2.65. The third kappa shape index (κ3) is 2.20. The van der Waals surface area contributed by atoms with Crippen LogP contribution in [0.3, 0.4) is 0 Å². The lowest BCUT2D eigenvalue weighted by molar-refractivity contribution is 1.09. The predicted molar refractivity (Wildman–Crippen MR) is 75.6 cm³/mol. The summed E-state index contributed by atoms with van der Waals surface area (Å²) in [6.07, 6.45) is 0.943. The van der Waals surface area contributed by atoms with Crippen LogP contribution in [0.2, 0.25) is 0 Å². The second kappa shape index (κ2) is 4.49. The summed E-state index contributed by atoms with van der Waals surface area (Å²) >= 11 is 1.59. The van der Waals surface area contributed by atoms with E-state index in [1.807, 2.05) is 0 Å². The minimum Gasteiger partial charge on any atom is -0.389 e. The lowest BCUT2D eigenvalue weighted by atomic mass is 9.99. The first-order valence-corrected chi connectivity index (χ1v) is 6.68. The molecule has 1 aromatic carbocycles. The zero-order valence-corrected chi connectivity index (χ0v) is 11.6. The van der Waals surface area contributed by atoms with Crippen LogP contribution in [0.1, 0.15) is 28.6 Å². The zero-order valence-electron chi connectivity index (χ0n) is 10.8. The Morgan fingerprint density at radius 2 is 1.76 bits per heavy atom. The molecule has 0 amide bonds. The van der Waals surface area contributed by atoms with Crippen LogP contribution in [0.25, 0.3) is 11.3 Å². The maximum atomic E-state index is 6.06. The van der Waals surface area contributed by atoms with Gasteiger partial charge in [0.15, 0.2) is 0 Å². The molecule has 2 nitrogen and oxygen atoms in total. The van der Waals surface area contributed by atoms with Gasteiger partial charge in [-0.05, 0) is 49.9 Å². The van der Waals surface area contributed by atoms with Crippen molar-refractivity contribution in [3.8, 4) is 11.3 Å². The Hall–Kier alpha value is -1.35. The number of nitrogen functional groups attached to an aromatic ring is 1. The van der Waals surface area contributed by atoms with Gasteiger partial charge in [-0.3, -0.25) is 0 Å². The third-order valence-electron chi connectivity index (χ3n) is 3.10. The van der Waals surface area contributed by atoms with Gasteiger partial charge in [-0.15, -0.1) is 11.3 Å². The number of aromatic nitrogens is 1. The highest BCUT2D eigenvalue weighted by Gasteiger charge is 2.12. The van der Waals surface area contributed by atoms with E-state index in [2.05, 4.69) is 44.8 Å². The quantitative estimate of drug-likeness (QED) is 0.873. The number of hydrogen-bond acceptors (Lipinski definition) is 3. The van der Waals surface area contributed by atoms with Crippen LogP contribution in [0.4, 0.5) is 5.00 Å². The highest BCUT2D eigenvalue weighted by Crippen LogP contribution is 2.33. The summed E-state index contributed by atoms with van der Waals surface area (Å²) in [5, 5.41) is 1.93. The Balaban J connectivity index is 2.59. The second-order valence-electron chi connectivity index (χ2n) is 4.43. The molecular weight excluding hydrogens is 228 g/mol. The van der Waals surface area contributed by atoms with E-state index in [1.165, 1.54) is 22.3 Å². The molecule has 0 fully saturated rings. The van der Waals surface area contributed by atoms with Crippen molar-refractivity contribution in [2.75, 3.05) is 5.73 Å². The normalized spacial score (nSPS) is 10.8. The number of aryl methyl sites for hydroxylation is 4. The van der Waals surface area contributed by atoms with E-state index in [1.54, 1.807) is 11.3 Å². The van der Waals surface area contributed by atoms with Gasteiger partial charge in [0.05, 0.1) is 5.01 Å². The number of rotatable bonds is 2. The molecule has 17 heavy (non-hydrogen) atoms. The van der Waals surface area contributed by atoms with Crippen molar-refractivity contribution >= 4 is 16.3 Å². The smallest absolute Gasteiger partial charge is 0.114 e. The molecule has 0 spiro atoms. The van der Waals surface area contributed by atoms with E-state index in [0.717, 1.165) is 22.1 Å². The van der Waals surface area contributed by atoms with Crippen LogP contribution in [0, 0.1) is 20.8 Å². The summed E-state index contributed by atoms with van der Waals surface area (Å²) in [7, 11) is 0. The standard InChI is InChI=1S/C14H18N2S/c1-5-12-16-13(14(15)17-12)11-7-9(3)8(2)6-10(11)4/h6-7H,5,15H2,1-4H3. The summed E-state index contributed by atoms with van der Waals surface area (Å²) in [6, 6.07) is 4.39. The first kappa shape index (κ1) is 12.1. The van der Waals surface area contributed by atoms with Gasteiger partial charge in [-0.25, -0.2) is 4.98 Å². The molecule has 1 aromatic heterocycles. The predicted octanol–water partition coefficient (Wildman–Crippen LogP) is 3.88. The maximum absolute atomic E-state index is 6.06. The van der Waals surface area contributed by atoms with E-state index < -0.39 is 0 Å². The number of thiazole rings is 1. The van der Waals surface area contributed by atoms with Gasteiger partial charge in [0.2, 0.25) is 0 Å². The first-order chi connectivity index (χ1) is 8.02. The molecule has 3 heteroatoms. The lowest BCUT2D eigenvalue weighted by Crippen LogP contribution is -1.92. The number of hydrogen-bond donors (Lipinski definition) is 1. The van der Waals surface area contributed by atoms with Crippen LogP contribution < -0.4 is 5.73 Å². The zero-order chi connectivity index (χ0) is 12.6. The highest BCUT2D eigenvalue weighted by molar-refractivity contribution is 7.16. The fourth-order valence-corrected chi connectivity index (χ4v) is 2.73. The number of nitrogens with zero attached hydrogens (tertiary/aromatic N) is 1. The van der Waals surface area contributed by atoms with Crippen molar-refractivity contribution < 1.29 is 0 Å². The van der Waals surface area contributed by atoms with Crippen molar-refractivity contribution in [3.63, 3.8) is 0 Å². The molecule has 0 aliphatic heterocycles. The van der Waals surface area contributed by atoms with E-state index in [-0.39, 0.29) is 0 Å². The SMILES string of the molecule is CCc1nc(-c2cc(C)c(C)cc2C)c(N)s1. The minimum absolute atomic E-state index is 0.827. The van der Waals surface area contributed by atoms with Crippen LogP contribution in [-0.2, 0) is 6.42 Å². The molecule has 2 rings (SSSR count). The Kier molecular flexibility index (Phi) is 3.20. The Bertz CT molecular complexity index is 556. The molecule has 0 saturated heterocycles. The van der Waals surface area contributed by atoms with Crippen molar-refractivity contribution in [2.45, 2.75) is 34.1 Å². The van der Waals surface area contributed by atoms with Crippen LogP contribution in [-0.4, -0.2) is 4.98 Å². The fraction of sp³-hybridized carbons (Fsp3) is 0.357. The van der Waals surface area contributed by atoms with E-state index >= 15 is 0 Å². The summed E-state index contributed by atoms with van der Waals surface area (Å²) in [5.41, 5.74) is 12.0. The van der Waals surface area contributed by atoms with Gasteiger partial charge >= 0.3 is 0 Å². The van der Waals surface area contributed by atoms with Gasteiger partial charge in [0.25, 0.3) is 0 Å². The van der Waals surface area contributed by atoms with Gasteiger partial charge < -0.3 is 5.73 Å². The highest BCUT2D eigenvalue weighted by atomic mass is 32.1. The monoisotopic (exact) mass is 246 g/mol. The summed E-state index contributed by atoms with van der Waals surface area (Å²) in [4.78, 5) is 4.62. The largest absolute Gasteiger partial charge is 0.389 e. The van der Waals surface area contributed by atoms with Gasteiger partial charge in [0.1, 0.15) is 10.7 Å². The van der Waals surface area contributed by atoms with E-state index in [4.69, 9.17) is 5.73 Å². The summed E-state index contributed by atoms with van der Waals surface area (Å²) in [5.74, 6) is 0. The van der Waals surface area contributed by atoms with Gasteiger partial charge in [0, 0.05) is 5.56 Å². The second-order valence-corrected chi connectivity index (χ2v) is 5.54. The van der Waals surface area contributed by atoms with Crippen LogP contribution in [0.5, 0.6) is 0 Å². The minimum atomic E-state index is 0.827. The van der Waals surface area contributed by atoms with E-state index in [9.17, 15) is 0 Å². The van der Waals surface area contributed by atoms with Crippen molar-refractivity contribution in [2.24, 2.45) is 0 Å². The molecule has 0 saturated carbocycles. The Morgan fingerprint density at radius 3 is 2.35 bits per heavy atom. The maximum Gasteiger partial charge on any atom is 0.114 e. The van der Waals surface area contributed by atoms with Crippen molar-refractivity contribution in [1.29, 1.82) is 0 Å². The van der Waals surface area contributed by atoms with Gasteiger partial charge in [-0.1, -0.05) is 13.0 Å². The first-order valence-electron chi connectivity index (χ1n) is 5.86. The number of anilines is 1. The molecule has 2 aromatic rings. The summed E-state index contributed by atoms with van der Waals surface area (Å²) in [6.45, 7) is 8.48. The number of nitrogens with two attached hydrogens (primary N) is 1. The molecule has 0 aliphatic carbocycles. The van der Waals surface area contributed by atoms with E-state index in [0.29, 0.717) is 0 Å². The average molecular weight is 246 g/mol. The van der Waals surface area contributed by atoms with Crippen molar-refractivity contribution in [3.05, 3.63) is 33.8 Å². The Morgan fingerprint density at radius 1 is 1.12 bits per heavy atom. The lowest BCUT2D eigenvalue weighted by Gasteiger charge is -2.08.